The predicted octanol–water partition coefficient (Wildman–Crippen LogP) is 3.43. The normalized spacial score (nSPS) is 38.6. The molecule has 1 N–H and O–H groups in total. The summed E-state index contributed by atoms with van der Waals surface area (Å²) in [4.78, 5) is 11.2. The second-order valence-electron chi connectivity index (χ2n) is 6.39. The van der Waals surface area contributed by atoms with Crippen LogP contribution in [-0.4, -0.2) is 16.3 Å². The Kier molecular flexibility index (Phi) is 2.97. The summed E-state index contributed by atoms with van der Waals surface area (Å²) in [6.45, 7) is 3.85. The summed E-state index contributed by atoms with van der Waals surface area (Å²) in [5.41, 5.74) is -0.143. The molecule has 0 aliphatic carbocycles. The van der Waals surface area contributed by atoms with Gasteiger partial charge < -0.3 is 9.84 Å². The highest BCUT2D eigenvalue weighted by Gasteiger charge is 2.83. The van der Waals surface area contributed by atoms with Crippen molar-refractivity contribution in [2.24, 2.45) is 5.41 Å². The molecule has 2 heterocycles. The second kappa shape index (κ2) is 4.62. The molecule has 0 aromatic heterocycles. The number of hydrogen-bond acceptors (Lipinski definition) is 4. The van der Waals surface area contributed by atoms with Gasteiger partial charge in [-0.15, -0.1) is 11.8 Å². The van der Waals surface area contributed by atoms with Gasteiger partial charge in [0.05, 0.1) is 5.25 Å². The number of benzene rings is 2. The van der Waals surface area contributed by atoms with Crippen molar-refractivity contribution in [3.05, 3.63) is 71.8 Å². The van der Waals surface area contributed by atoms with Crippen LogP contribution in [0, 0.1) is 5.41 Å². The Hall–Kier alpha value is -1.78. The zero-order chi connectivity index (χ0) is 16.3. The van der Waals surface area contributed by atoms with Crippen molar-refractivity contribution in [2.45, 2.75) is 29.6 Å². The fraction of sp³-hybridized carbons (Fsp3) is 0.316. The molecule has 2 saturated heterocycles. The monoisotopic (exact) mass is 326 g/mol. The van der Waals surface area contributed by atoms with Crippen LogP contribution in [0.15, 0.2) is 60.7 Å². The van der Waals surface area contributed by atoms with Crippen molar-refractivity contribution >= 4 is 17.7 Å². The molecular formula is C19H18O3S. The van der Waals surface area contributed by atoms with Crippen LogP contribution in [0.25, 0.3) is 0 Å². The Morgan fingerprint density at radius 1 is 1.00 bits per heavy atom. The highest BCUT2D eigenvalue weighted by atomic mass is 32.2. The van der Waals surface area contributed by atoms with Gasteiger partial charge in [0.25, 0.3) is 0 Å². The lowest BCUT2D eigenvalue weighted by molar-refractivity contribution is -0.265. The minimum Gasteiger partial charge on any atom is -0.451 e. The smallest absolute Gasteiger partial charge is 0.321 e. The van der Waals surface area contributed by atoms with E-state index in [1.807, 2.05) is 74.5 Å². The van der Waals surface area contributed by atoms with Gasteiger partial charge in [-0.25, -0.2) is 0 Å². The van der Waals surface area contributed by atoms with Gasteiger partial charge in [-0.3, -0.25) is 4.79 Å². The van der Waals surface area contributed by atoms with Crippen molar-refractivity contribution < 1.29 is 14.6 Å². The largest absolute Gasteiger partial charge is 0.451 e. The van der Waals surface area contributed by atoms with Gasteiger partial charge in [-0.1, -0.05) is 60.7 Å². The average Bonchev–Trinajstić information content (AvgIpc) is 2.73. The van der Waals surface area contributed by atoms with Gasteiger partial charge in [-0.05, 0) is 25.0 Å². The minimum atomic E-state index is -1.31. The summed E-state index contributed by atoms with van der Waals surface area (Å²) in [5, 5.41) is 11.5. The summed E-state index contributed by atoms with van der Waals surface area (Å²) in [7, 11) is 0. The first-order valence-corrected chi connectivity index (χ1v) is 8.59. The molecule has 0 unspecified atom stereocenters. The first-order valence-electron chi connectivity index (χ1n) is 7.71. The fourth-order valence-electron chi connectivity index (χ4n) is 4.08. The third-order valence-electron chi connectivity index (χ3n) is 5.37. The fourth-order valence-corrected chi connectivity index (χ4v) is 5.92. The molecular weight excluding hydrogens is 308 g/mol. The quantitative estimate of drug-likeness (QED) is 0.859. The van der Waals surface area contributed by atoms with Crippen LogP contribution in [0.5, 0.6) is 0 Å². The maximum Gasteiger partial charge on any atom is 0.321 e. The van der Waals surface area contributed by atoms with Crippen LogP contribution >= 0.6 is 11.8 Å². The molecule has 23 heavy (non-hydrogen) atoms. The molecule has 118 valence electrons. The van der Waals surface area contributed by atoms with E-state index in [2.05, 4.69) is 0 Å². The number of carbonyl (C=O) groups excluding carboxylic acids is 1. The van der Waals surface area contributed by atoms with Crippen LogP contribution in [-0.2, 0) is 20.1 Å². The molecule has 3 nitrogen and oxygen atoms in total. The van der Waals surface area contributed by atoms with Gasteiger partial charge >= 0.3 is 5.97 Å². The SMILES string of the molecule is C[C@@H]1S[C@@](O)(c2ccccc2)[C@@]2(C)C(=O)O[C@@]12c1ccccc1. The van der Waals surface area contributed by atoms with Crippen LogP contribution in [0.4, 0.5) is 0 Å². The number of hydrogen-bond donors (Lipinski definition) is 1. The number of carbonyl (C=O) groups is 1. The summed E-state index contributed by atoms with van der Waals surface area (Å²) in [6.07, 6.45) is 0. The van der Waals surface area contributed by atoms with E-state index in [0.717, 1.165) is 11.1 Å². The molecule has 0 saturated carbocycles. The van der Waals surface area contributed by atoms with E-state index in [-0.39, 0.29) is 11.2 Å². The topological polar surface area (TPSA) is 46.5 Å². The van der Waals surface area contributed by atoms with E-state index in [4.69, 9.17) is 4.74 Å². The Labute approximate surface area is 139 Å². The van der Waals surface area contributed by atoms with Gasteiger partial charge in [0.15, 0.2) is 15.9 Å². The molecule has 4 rings (SSSR count). The van der Waals surface area contributed by atoms with E-state index in [1.54, 1.807) is 0 Å². The van der Waals surface area contributed by atoms with Gasteiger partial charge in [0.2, 0.25) is 0 Å². The molecule has 4 atom stereocenters. The summed E-state index contributed by atoms with van der Waals surface area (Å²) in [6, 6.07) is 19.2. The number of thioether (sulfide) groups is 1. The van der Waals surface area contributed by atoms with Crippen LogP contribution in [0.3, 0.4) is 0 Å². The van der Waals surface area contributed by atoms with E-state index < -0.39 is 15.9 Å². The third-order valence-corrected chi connectivity index (χ3v) is 7.04. The second-order valence-corrected chi connectivity index (χ2v) is 7.92. The van der Waals surface area contributed by atoms with Gasteiger partial charge in [0.1, 0.15) is 0 Å². The molecule has 0 amide bonds. The molecule has 2 aromatic carbocycles. The summed E-state index contributed by atoms with van der Waals surface area (Å²) in [5.74, 6) is -0.343. The summed E-state index contributed by atoms with van der Waals surface area (Å²) < 4.78 is 5.75. The molecule has 2 aliphatic rings. The first-order chi connectivity index (χ1) is 11.0. The maximum absolute atomic E-state index is 12.6. The average molecular weight is 326 g/mol. The number of ether oxygens (including phenoxy) is 1. The minimum absolute atomic E-state index is 0.0576. The molecule has 2 aromatic rings. The Balaban J connectivity index is 1.93. The molecule has 2 aliphatic heterocycles. The Bertz CT molecular complexity index is 763. The zero-order valence-corrected chi connectivity index (χ0v) is 13.8. The first kappa shape index (κ1) is 14.8. The molecule has 0 bridgehead atoms. The molecule has 4 heteroatoms. The number of aliphatic hydroxyl groups is 1. The third kappa shape index (κ3) is 1.53. The standard InChI is InChI=1S/C19H18O3S/c1-13-18(14-9-5-3-6-10-14)17(2,16(20)22-18)19(21,23-13)15-11-7-4-8-12-15/h3-13,21H,1-2H3/t13-,17-,18+,19-/m0/s1. The van der Waals surface area contributed by atoms with Crippen molar-refractivity contribution in [3.63, 3.8) is 0 Å². The van der Waals surface area contributed by atoms with Crippen molar-refractivity contribution in [1.29, 1.82) is 0 Å². The highest BCUT2D eigenvalue weighted by molar-refractivity contribution is 8.01. The van der Waals surface area contributed by atoms with Gasteiger partial charge in [0, 0.05) is 0 Å². The summed E-state index contributed by atoms with van der Waals surface area (Å²) >= 11 is 1.41. The van der Waals surface area contributed by atoms with E-state index in [9.17, 15) is 9.90 Å². The number of esters is 1. The maximum atomic E-state index is 12.6. The van der Waals surface area contributed by atoms with E-state index >= 15 is 0 Å². The van der Waals surface area contributed by atoms with Crippen LogP contribution in [0.2, 0.25) is 0 Å². The Morgan fingerprint density at radius 2 is 1.52 bits per heavy atom. The van der Waals surface area contributed by atoms with Crippen molar-refractivity contribution in [3.8, 4) is 0 Å². The molecule has 0 radical (unpaired) electrons. The highest BCUT2D eigenvalue weighted by Crippen LogP contribution is 2.74. The lowest BCUT2D eigenvalue weighted by atomic mass is 9.59. The number of fused-ring (bicyclic) bond motifs is 1. The molecule has 2 fully saturated rings. The Morgan fingerprint density at radius 3 is 2.04 bits per heavy atom. The van der Waals surface area contributed by atoms with Crippen molar-refractivity contribution in [2.75, 3.05) is 0 Å². The predicted molar refractivity (Wildman–Crippen MR) is 89.7 cm³/mol. The number of rotatable bonds is 2. The lowest BCUT2D eigenvalue weighted by Crippen LogP contribution is -2.68. The zero-order valence-electron chi connectivity index (χ0n) is 13.0. The van der Waals surface area contributed by atoms with E-state index in [0.29, 0.717) is 0 Å². The van der Waals surface area contributed by atoms with Crippen LogP contribution in [0.1, 0.15) is 25.0 Å². The van der Waals surface area contributed by atoms with Gasteiger partial charge in [-0.2, -0.15) is 0 Å². The van der Waals surface area contributed by atoms with Crippen LogP contribution < -0.4 is 0 Å². The van der Waals surface area contributed by atoms with E-state index in [1.165, 1.54) is 11.8 Å². The molecule has 0 spiro atoms. The lowest BCUT2D eigenvalue weighted by Gasteiger charge is -2.55. The van der Waals surface area contributed by atoms with Crippen molar-refractivity contribution in [1.82, 2.24) is 0 Å².